The third-order valence-corrected chi connectivity index (χ3v) is 4.82. The molecule has 6 nitrogen and oxygen atoms in total. The molecule has 26 heavy (non-hydrogen) atoms. The van der Waals surface area contributed by atoms with Crippen LogP contribution < -0.4 is 9.47 Å². The van der Waals surface area contributed by atoms with Gasteiger partial charge in [0.2, 0.25) is 5.75 Å². The Bertz CT molecular complexity index is 1010. The van der Waals surface area contributed by atoms with E-state index in [0.29, 0.717) is 10.2 Å². The largest absolute Gasteiger partial charge is 0.481 e. The number of rotatable bonds is 5. The van der Waals surface area contributed by atoms with Crippen LogP contribution in [0.4, 0.5) is 5.69 Å². The number of hydrogen-bond acceptors (Lipinski definition) is 5. The Hall–Kier alpha value is -2.45. The fraction of sp³-hybridized carbons (Fsp3) is 0.0556. The van der Waals surface area contributed by atoms with Crippen molar-refractivity contribution in [1.29, 1.82) is 0 Å². The van der Waals surface area contributed by atoms with E-state index < -0.39 is 10.9 Å². The molecule has 0 spiro atoms. The maximum absolute atomic E-state index is 12.0. The van der Waals surface area contributed by atoms with E-state index in [-0.39, 0.29) is 18.0 Å². The van der Waals surface area contributed by atoms with Crippen molar-refractivity contribution in [2.75, 3.05) is 6.61 Å². The number of para-hydroxylation sites is 2. The molecule has 0 unspecified atom stereocenters. The predicted octanol–water partition coefficient (Wildman–Crippen LogP) is 5.26. The van der Waals surface area contributed by atoms with Crippen LogP contribution in [0.2, 0.25) is 0 Å². The van der Waals surface area contributed by atoms with Crippen molar-refractivity contribution in [3.05, 3.63) is 73.7 Å². The van der Waals surface area contributed by atoms with Crippen LogP contribution in [0.3, 0.4) is 0 Å². The molecule has 0 bridgehead atoms. The molecule has 3 aromatic rings. The lowest BCUT2D eigenvalue weighted by Gasteiger charge is -2.10. The molecule has 132 valence electrons. The molecule has 3 aromatic carbocycles. The standard InChI is InChI=1S/C18H11Br2NO5/c19-12-6-7-13-11(9-12)5-8-16(18(13)20)25-10-17(22)26-15-4-2-1-3-14(15)21(23)24/h1-9H,10H2. The van der Waals surface area contributed by atoms with Crippen molar-refractivity contribution in [3.8, 4) is 11.5 Å². The predicted molar refractivity (Wildman–Crippen MR) is 104 cm³/mol. The van der Waals surface area contributed by atoms with Crippen LogP contribution in [-0.2, 0) is 4.79 Å². The summed E-state index contributed by atoms with van der Waals surface area (Å²) in [5, 5.41) is 12.9. The Kier molecular flexibility index (Phi) is 5.53. The minimum absolute atomic E-state index is 0.117. The van der Waals surface area contributed by atoms with Gasteiger partial charge in [0.05, 0.1) is 9.40 Å². The van der Waals surface area contributed by atoms with Gasteiger partial charge in [0.15, 0.2) is 6.61 Å². The number of carbonyl (C=O) groups excluding carboxylic acids is 1. The average Bonchev–Trinajstić information content (AvgIpc) is 2.61. The van der Waals surface area contributed by atoms with E-state index in [0.717, 1.165) is 15.2 Å². The minimum atomic E-state index is -0.734. The first-order valence-corrected chi connectivity index (χ1v) is 8.99. The molecule has 8 heteroatoms. The minimum Gasteiger partial charge on any atom is -0.481 e. The van der Waals surface area contributed by atoms with Crippen molar-refractivity contribution in [1.82, 2.24) is 0 Å². The van der Waals surface area contributed by atoms with E-state index in [9.17, 15) is 14.9 Å². The van der Waals surface area contributed by atoms with Gasteiger partial charge in [-0.2, -0.15) is 0 Å². The zero-order chi connectivity index (χ0) is 18.7. The molecular weight excluding hydrogens is 470 g/mol. The van der Waals surface area contributed by atoms with Gasteiger partial charge in [-0.15, -0.1) is 0 Å². The second-order valence-corrected chi connectivity index (χ2v) is 6.94. The van der Waals surface area contributed by atoms with Crippen LogP contribution in [0, 0.1) is 10.1 Å². The molecule has 0 atom stereocenters. The Morgan fingerprint density at radius 2 is 1.81 bits per heavy atom. The van der Waals surface area contributed by atoms with Crippen LogP contribution in [-0.4, -0.2) is 17.5 Å². The lowest BCUT2D eigenvalue weighted by Crippen LogP contribution is -2.18. The van der Waals surface area contributed by atoms with E-state index in [4.69, 9.17) is 9.47 Å². The molecule has 0 aliphatic carbocycles. The van der Waals surface area contributed by atoms with Crippen molar-refractivity contribution in [3.63, 3.8) is 0 Å². The second-order valence-electron chi connectivity index (χ2n) is 5.23. The zero-order valence-corrected chi connectivity index (χ0v) is 16.3. The Morgan fingerprint density at radius 3 is 2.58 bits per heavy atom. The Balaban J connectivity index is 1.72. The number of hydrogen-bond donors (Lipinski definition) is 0. The van der Waals surface area contributed by atoms with Crippen molar-refractivity contribution >= 4 is 54.3 Å². The molecule has 0 aliphatic heterocycles. The molecule has 0 heterocycles. The number of fused-ring (bicyclic) bond motifs is 1. The third kappa shape index (κ3) is 4.03. The first-order valence-electron chi connectivity index (χ1n) is 7.40. The highest BCUT2D eigenvalue weighted by Gasteiger charge is 2.18. The van der Waals surface area contributed by atoms with E-state index in [1.165, 1.54) is 18.2 Å². The van der Waals surface area contributed by atoms with E-state index in [1.807, 2.05) is 24.3 Å². The number of carbonyl (C=O) groups is 1. The molecular formula is C18H11Br2NO5. The highest BCUT2D eigenvalue weighted by atomic mass is 79.9. The summed E-state index contributed by atoms with van der Waals surface area (Å²) in [5.41, 5.74) is -0.279. The SMILES string of the molecule is O=C(COc1ccc2cc(Br)ccc2c1Br)Oc1ccccc1[N+](=O)[O-]. The quantitative estimate of drug-likeness (QED) is 0.215. The first kappa shape index (κ1) is 18.3. The van der Waals surface area contributed by atoms with Gasteiger partial charge in [0.25, 0.3) is 0 Å². The number of ether oxygens (including phenoxy) is 2. The van der Waals surface area contributed by atoms with E-state index >= 15 is 0 Å². The third-order valence-electron chi connectivity index (χ3n) is 3.51. The number of halogens is 2. The van der Waals surface area contributed by atoms with Gasteiger partial charge in [0, 0.05) is 10.5 Å². The van der Waals surface area contributed by atoms with Crippen molar-refractivity contribution < 1.29 is 19.2 Å². The maximum Gasteiger partial charge on any atom is 0.349 e. The number of nitro benzene ring substituents is 1. The Morgan fingerprint density at radius 1 is 1.04 bits per heavy atom. The maximum atomic E-state index is 12.0. The highest BCUT2D eigenvalue weighted by Crippen LogP contribution is 2.34. The van der Waals surface area contributed by atoms with Crippen LogP contribution in [0.5, 0.6) is 11.5 Å². The van der Waals surface area contributed by atoms with Crippen LogP contribution >= 0.6 is 31.9 Å². The fourth-order valence-electron chi connectivity index (χ4n) is 2.34. The molecule has 3 rings (SSSR count). The summed E-state index contributed by atoms with van der Waals surface area (Å²) in [5.74, 6) is -0.380. The van der Waals surface area contributed by atoms with Crippen molar-refractivity contribution in [2.24, 2.45) is 0 Å². The Labute approximate surface area is 165 Å². The van der Waals surface area contributed by atoms with Gasteiger partial charge in [-0.1, -0.05) is 40.2 Å². The summed E-state index contributed by atoms with van der Waals surface area (Å²) >= 11 is 6.89. The van der Waals surface area contributed by atoms with Crippen LogP contribution in [0.25, 0.3) is 10.8 Å². The second kappa shape index (κ2) is 7.84. The van der Waals surface area contributed by atoms with Gasteiger partial charge in [-0.25, -0.2) is 4.79 Å². The van der Waals surface area contributed by atoms with Gasteiger partial charge in [0.1, 0.15) is 5.75 Å². The summed E-state index contributed by atoms with van der Waals surface area (Å²) < 4.78 is 12.2. The van der Waals surface area contributed by atoms with Crippen LogP contribution in [0.15, 0.2) is 63.5 Å². The summed E-state index contributed by atoms with van der Waals surface area (Å²) in [6.45, 7) is -0.382. The smallest absolute Gasteiger partial charge is 0.349 e. The summed E-state index contributed by atoms with van der Waals surface area (Å²) in [6.07, 6.45) is 0. The van der Waals surface area contributed by atoms with Gasteiger partial charge < -0.3 is 9.47 Å². The van der Waals surface area contributed by atoms with Gasteiger partial charge in [-0.05, 0) is 51.0 Å². The topological polar surface area (TPSA) is 78.7 Å². The van der Waals surface area contributed by atoms with Crippen molar-refractivity contribution in [2.45, 2.75) is 0 Å². The molecule has 0 saturated carbocycles. The summed E-state index contributed by atoms with van der Waals surface area (Å²) in [7, 11) is 0. The zero-order valence-electron chi connectivity index (χ0n) is 13.1. The molecule has 0 aliphatic rings. The number of nitrogens with zero attached hydrogens (tertiary/aromatic N) is 1. The molecule has 0 saturated heterocycles. The van der Waals surface area contributed by atoms with Gasteiger partial charge in [-0.3, -0.25) is 10.1 Å². The summed E-state index contributed by atoms with van der Waals surface area (Å²) in [4.78, 5) is 22.3. The fourth-order valence-corrected chi connectivity index (χ4v) is 3.32. The first-order chi connectivity index (χ1) is 12.5. The average molecular weight is 481 g/mol. The highest BCUT2D eigenvalue weighted by molar-refractivity contribution is 9.11. The van der Waals surface area contributed by atoms with Crippen LogP contribution in [0.1, 0.15) is 0 Å². The molecule has 0 radical (unpaired) electrons. The molecule has 0 N–H and O–H groups in total. The van der Waals surface area contributed by atoms with Gasteiger partial charge >= 0.3 is 11.7 Å². The molecule has 0 fully saturated rings. The lowest BCUT2D eigenvalue weighted by molar-refractivity contribution is -0.385. The van der Waals surface area contributed by atoms with E-state index in [1.54, 1.807) is 12.1 Å². The number of benzene rings is 3. The number of esters is 1. The summed E-state index contributed by atoms with van der Waals surface area (Å²) in [6, 6.07) is 15.1. The lowest BCUT2D eigenvalue weighted by atomic mass is 10.1. The normalized spacial score (nSPS) is 10.5. The van der Waals surface area contributed by atoms with E-state index in [2.05, 4.69) is 31.9 Å². The molecule has 0 aromatic heterocycles. The molecule has 0 amide bonds. The monoisotopic (exact) mass is 479 g/mol. The number of nitro groups is 1.